The summed E-state index contributed by atoms with van der Waals surface area (Å²) in [6, 6.07) is 9.19. The second-order valence-electron chi connectivity index (χ2n) is 5.79. The van der Waals surface area contributed by atoms with Gasteiger partial charge >= 0.3 is 0 Å². The van der Waals surface area contributed by atoms with E-state index in [4.69, 9.17) is 0 Å². The van der Waals surface area contributed by atoms with Gasteiger partial charge in [-0.15, -0.1) is 0 Å². The molecular weight excluding hydrogens is 262 g/mol. The van der Waals surface area contributed by atoms with Crippen LogP contribution in [0, 0.1) is 0 Å². The second kappa shape index (κ2) is 6.31. The number of rotatable bonds is 4. The predicted molar refractivity (Wildman–Crippen MR) is 85.5 cm³/mol. The Hall–Kier alpha value is -1.81. The lowest BCUT2D eigenvalue weighted by atomic mass is 10.1. The molecule has 4 heteroatoms. The standard InChI is InChI=1S/C17H23N3O/c1-13(21)19-11-6-14-12-20(15-7-9-18-10-8-15)17-5-3-2-4-16(14)17/h2-5,12,15,18H,6-11H2,1H3,(H,19,21). The van der Waals surface area contributed by atoms with Gasteiger partial charge in [-0.05, 0) is 44.0 Å². The van der Waals surface area contributed by atoms with Crippen molar-refractivity contribution >= 4 is 16.8 Å². The van der Waals surface area contributed by atoms with E-state index in [2.05, 4.69) is 45.7 Å². The SMILES string of the molecule is CC(=O)NCCc1cn(C2CCNCC2)c2ccccc12. The Morgan fingerprint density at radius 3 is 2.86 bits per heavy atom. The molecule has 21 heavy (non-hydrogen) atoms. The number of amides is 1. The minimum atomic E-state index is 0.0390. The van der Waals surface area contributed by atoms with Gasteiger partial charge in [0, 0.05) is 36.6 Å². The van der Waals surface area contributed by atoms with Crippen molar-refractivity contribution in [3.63, 3.8) is 0 Å². The summed E-state index contributed by atoms with van der Waals surface area (Å²) in [4.78, 5) is 11.0. The van der Waals surface area contributed by atoms with Crippen molar-refractivity contribution in [1.82, 2.24) is 15.2 Å². The van der Waals surface area contributed by atoms with Gasteiger partial charge in [0.1, 0.15) is 0 Å². The zero-order valence-corrected chi connectivity index (χ0v) is 12.6. The summed E-state index contributed by atoms with van der Waals surface area (Å²) in [5, 5.41) is 7.64. The molecule has 0 saturated carbocycles. The molecule has 0 atom stereocenters. The molecule has 1 saturated heterocycles. The van der Waals surface area contributed by atoms with Gasteiger partial charge in [0.25, 0.3) is 0 Å². The Bertz CT molecular complexity index is 626. The van der Waals surface area contributed by atoms with Crippen LogP contribution in [0.2, 0.25) is 0 Å². The highest BCUT2D eigenvalue weighted by atomic mass is 16.1. The molecule has 2 N–H and O–H groups in total. The van der Waals surface area contributed by atoms with Gasteiger partial charge in [-0.1, -0.05) is 18.2 Å². The molecule has 1 fully saturated rings. The Morgan fingerprint density at radius 1 is 1.33 bits per heavy atom. The fourth-order valence-electron chi connectivity index (χ4n) is 3.24. The largest absolute Gasteiger partial charge is 0.356 e. The molecule has 2 heterocycles. The molecule has 1 amide bonds. The summed E-state index contributed by atoms with van der Waals surface area (Å²) < 4.78 is 2.44. The molecule has 0 radical (unpaired) electrons. The Labute approximate surface area is 125 Å². The van der Waals surface area contributed by atoms with Gasteiger partial charge in [-0.3, -0.25) is 4.79 Å². The van der Waals surface area contributed by atoms with E-state index in [9.17, 15) is 4.79 Å². The number of carbonyl (C=O) groups is 1. The van der Waals surface area contributed by atoms with Crippen LogP contribution >= 0.6 is 0 Å². The van der Waals surface area contributed by atoms with Crippen molar-refractivity contribution in [2.45, 2.75) is 32.2 Å². The first-order valence-corrected chi connectivity index (χ1v) is 7.79. The molecule has 112 valence electrons. The van der Waals surface area contributed by atoms with E-state index in [1.54, 1.807) is 6.92 Å². The molecule has 1 aromatic heterocycles. The number of fused-ring (bicyclic) bond motifs is 1. The van der Waals surface area contributed by atoms with E-state index in [-0.39, 0.29) is 5.91 Å². The number of piperidine rings is 1. The van der Waals surface area contributed by atoms with E-state index in [1.165, 1.54) is 29.3 Å². The number of carbonyl (C=O) groups excluding carboxylic acids is 1. The smallest absolute Gasteiger partial charge is 0.216 e. The van der Waals surface area contributed by atoms with Crippen LogP contribution in [0.5, 0.6) is 0 Å². The van der Waals surface area contributed by atoms with Gasteiger partial charge in [0.15, 0.2) is 0 Å². The molecular formula is C17H23N3O. The maximum absolute atomic E-state index is 11.0. The fourth-order valence-corrected chi connectivity index (χ4v) is 3.24. The number of hydrogen-bond donors (Lipinski definition) is 2. The minimum absolute atomic E-state index is 0.0390. The highest BCUT2D eigenvalue weighted by Crippen LogP contribution is 2.28. The maximum Gasteiger partial charge on any atom is 0.216 e. The van der Waals surface area contributed by atoms with Crippen molar-refractivity contribution < 1.29 is 4.79 Å². The van der Waals surface area contributed by atoms with E-state index in [0.29, 0.717) is 12.6 Å². The molecule has 3 rings (SSSR count). The van der Waals surface area contributed by atoms with Gasteiger partial charge in [0.05, 0.1) is 0 Å². The number of nitrogens with one attached hydrogen (secondary N) is 2. The van der Waals surface area contributed by atoms with Crippen LogP contribution in [0.4, 0.5) is 0 Å². The number of aromatic nitrogens is 1. The van der Waals surface area contributed by atoms with Gasteiger partial charge in [-0.2, -0.15) is 0 Å². The molecule has 1 aliphatic heterocycles. The Morgan fingerprint density at radius 2 is 2.10 bits per heavy atom. The first-order chi connectivity index (χ1) is 10.3. The van der Waals surface area contributed by atoms with Gasteiger partial charge in [0.2, 0.25) is 5.91 Å². The van der Waals surface area contributed by atoms with Crippen LogP contribution in [0.1, 0.15) is 31.4 Å². The summed E-state index contributed by atoms with van der Waals surface area (Å²) in [5.74, 6) is 0.0390. The average Bonchev–Trinajstić information content (AvgIpc) is 2.87. The molecule has 1 aromatic carbocycles. The summed E-state index contributed by atoms with van der Waals surface area (Å²) in [7, 11) is 0. The van der Waals surface area contributed by atoms with Gasteiger partial charge < -0.3 is 15.2 Å². The third-order valence-corrected chi connectivity index (χ3v) is 4.29. The van der Waals surface area contributed by atoms with Crippen molar-refractivity contribution in [1.29, 1.82) is 0 Å². The molecule has 0 aliphatic carbocycles. The highest BCUT2D eigenvalue weighted by molar-refractivity contribution is 5.84. The van der Waals surface area contributed by atoms with Crippen LogP contribution in [0.25, 0.3) is 10.9 Å². The summed E-state index contributed by atoms with van der Waals surface area (Å²) in [6.45, 7) is 4.46. The molecule has 1 aliphatic rings. The third-order valence-electron chi connectivity index (χ3n) is 4.29. The number of benzene rings is 1. The number of para-hydroxylation sites is 1. The predicted octanol–water partition coefficient (Wildman–Crippen LogP) is 2.24. The van der Waals surface area contributed by atoms with Crippen LogP contribution in [0.3, 0.4) is 0 Å². The lowest BCUT2D eigenvalue weighted by molar-refractivity contribution is -0.118. The van der Waals surface area contributed by atoms with Crippen molar-refractivity contribution in [3.05, 3.63) is 36.0 Å². The average molecular weight is 285 g/mol. The van der Waals surface area contributed by atoms with Crippen LogP contribution in [-0.2, 0) is 11.2 Å². The van der Waals surface area contributed by atoms with Crippen molar-refractivity contribution in [2.75, 3.05) is 19.6 Å². The van der Waals surface area contributed by atoms with E-state index >= 15 is 0 Å². The third kappa shape index (κ3) is 3.10. The first kappa shape index (κ1) is 14.1. The molecule has 0 bridgehead atoms. The van der Waals surface area contributed by atoms with Crippen LogP contribution in [0.15, 0.2) is 30.5 Å². The normalized spacial score (nSPS) is 16.2. The maximum atomic E-state index is 11.0. The summed E-state index contributed by atoms with van der Waals surface area (Å²) >= 11 is 0. The van der Waals surface area contributed by atoms with Crippen molar-refractivity contribution in [3.8, 4) is 0 Å². The monoisotopic (exact) mass is 285 g/mol. The first-order valence-electron chi connectivity index (χ1n) is 7.79. The lowest BCUT2D eigenvalue weighted by Gasteiger charge is -2.25. The molecule has 0 unspecified atom stereocenters. The molecule has 2 aromatic rings. The lowest BCUT2D eigenvalue weighted by Crippen LogP contribution is -2.29. The van der Waals surface area contributed by atoms with E-state index in [0.717, 1.165) is 19.5 Å². The minimum Gasteiger partial charge on any atom is -0.356 e. The number of nitrogens with zero attached hydrogens (tertiary/aromatic N) is 1. The van der Waals surface area contributed by atoms with Crippen LogP contribution in [-0.4, -0.2) is 30.1 Å². The zero-order chi connectivity index (χ0) is 14.7. The zero-order valence-electron chi connectivity index (χ0n) is 12.6. The van der Waals surface area contributed by atoms with Gasteiger partial charge in [-0.25, -0.2) is 0 Å². The summed E-state index contributed by atoms with van der Waals surface area (Å²) in [6.07, 6.45) is 5.55. The van der Waals surface area contributed by atoms with Crippen LogP contribution < -0.4 is 10.6 Å². The second-order valence-corrected chi connectivity index (χ2v) is 5.79. The Kier molecular flexibility index (Phi) is 4.25. The Balaban J connectivity index is 1.88. The number of hydrogen-bond acceptors (Lipinski definition) is 2. The summed E-state index contributed by atoms with van der Waals surface area (Å²) in [5.41, 5.74) is 2.65. The topological polar surface area (TPSA) is 46.1 Å². The van der Waals surface area contributed by atoms with E-state index in [1.807, 2.05) is 0 Å². The molecule has 4 nitrogen and oxygen atoms in total. The highest BCUT2D eigenvalue weighted by Gasteiger charge is 2.18. The molecule has 0 spiro atoms. The van der Waals surface area contributed by atoms with Crippen molar-refractivity contribution in [2.24, 2.45) is 0 Å². The quantitative estimate of drug-likeness (QED) is 0.905. The fraction of sp³-hybridized carbons (Fsp3) is 0.471. The van der Waals surface area contributed by atoms with E-state index < -0.39 is 0 Å².